The van der Waals surface area contributed by atoms with Crippen molar-refractivity contribution in [1.82, 2.24) is 5.16 Å². The highest BCUT2D eigenvalue weighted by Gasteiger charge is 2.37. The van der Waals surface area contributed by atoms with Gasteiger partial charge in [0.05, 0.1) is 16.8 Å². The number of fused-ring (bicyclic) bond motifs is 1. The summed E-state index contributed by atoms with van der Waals surface area (Å²) in [5.74, 6) is 0.720. The molecular formula is C30H38N2O4. The van der Waals surface area contributed by atoms with Crippen molar-refractivity contribution in [2.24, 2.45) is 10.4 Å². The average molecular weight is 491 g/mol. The van der Waals surface area contributed by atoms with Gasteiger partial charge < -0.3 is 9.63 Å². The zero-order chi connectivity index (χ0) is 25.7. The van der Waals surface area contributed by atoms with E-state index >= 15 is 0 Å². The largest absolute Gasteiger partial charge is 0.511 e. The molecule has 6 heteroatoms. The fraction of sp³-hybridized carbons (Fsp3) is 0.533. The number of carbonyl (C=O) groups is 2. The van der Waals surface area contributed by atoms with Crippen LogP contribution in [-0.2, 0) is 17.6 Å². The second-order valence-electron chi connectivity index (χ2n) is 11.0. The van der Waals surface area contributed by atoms with E-state index in [0.717, 1.165) is 24.8 Å². The van der Waals surface area contributed by atoms with Crippen LogP contribution in [0.3, 0.4) is 0 Å². The molecule has 0 aliphatic heterocycles. The van der Waals surface area contributed by atoms with Crippen LogP contribution in [0.4, 0.5) is 0 Å². The molecule has 36 heavy (non-hydrogen) atoms. The molecule has 1 unspecified atom stereocenters. The van der Waals surface area contributed by atoms with E-state index in [1.54, 1.807) is 0 Å². The fourth-order valence-corrected chi connectivity index (χ4v) is 5.44. The van der Waals surface area contributed by atoms with Gasteiger partial charge >= 0.3 is 0 Å². The molecule has 1 fully saturated rings. The number of rotatable bonds is 9. The zero-order valence-electron chi connectivity index (χ0n) is 21.8. The zero-order valence-corrected chi connectivity index (χ0v) is 21.8. The summed E-state index contributed by atoms with van der Waals surface area (Å²) in [6.45, 7) is 6.99. The smallest absolute Gasteiger partial charge is 0.168 e. The number of ketones is 2. The van der Waals surface area contributed by atoms with E-state index in [2.05, 4.69) is 25.9 Å². The first-order valence-electron chi connectivity index (χ1n) is 13.3. The molecule has 6 nitrogen and oxygen atoms in total. The minimum atomic E-state index is -0.171. The number of nitrogens with zero attached hydrogens (tertiary/aromatic N) is 2. The van der Waals surface area contributed by atoms with Gasteiger partial charge in [0.25, 0.3) is 0 Å². The number of benzene rings is 1. The number of aliphatic hydroxyl groups is 1. The van der Waals surface area contributed by atoms with Crippen LogP contribution in [0.5, 0.6) is 0 Å². The van der Waals surface area contributed by atoms with E-state index in [0.29, 0.717) is 67.0 Å². The lowest BCUT2D eigenvalue weighted by atomic mass is 9.73. The predicted molar refractivity (Wildman–Crippen MR) is 141 cm³/mol. The minimum absolute atomic E-state index is 0.0262. The molecule has 1 N–H and O–H groups in total. The second kappa shape index (κ2) is 11.4. The van der Waals surface area contributed by atoms with Crippen LogP contribution >= 0.6 is 0 Å². The van der Waals surface area contributed by atoms with E-state index in [-0.39, 0.29) is 35.1 Å². The van der Waals surface area contributed by atoms with Crippen LogP contribution in [0.25, 0.3) is 0 Å². The first-order chi connectivity index (χ1) is 17.3. The van der Waals surface area contributed by atoms with Crippen molar-refractivity contribution in [2.45, 2.75) is 90.9 Å². The molecule has 1 aromatic carbocycles. The highest BCUT2D eigenvalue weighted by Crippen LogP contribution is 2.37. The number of hydrogen-bond donors (Lipinski definition) is 1. The lowest BCUT2D eigenvalue weighted by molar-refractivity contribution is -0.117. The molecule has 0 bridgehead atoms. The lowest BCUT2D eigenvalue weighted by Gasteiger charge is -2.31. The number of carbonyl (C=O) groups excluding carboxylic acids is 2. The molecule has 4 rings (SSSR count). The van der Waals surface area contributed by atoms with Crippen LogP contribution in [0.1, 0.15) is 105 Å². The van der Waals surface area contributed by atoms with Gasteiger partial charge in [-0.3, -0.25) is 14.6 Å². The quantitative estimate of drug-likeness (QED) is 0.239. The third-order valence-corrected chi connectivity index (χ3v) is 7.30. The topological polar surface area (TPSA) is 92.8 Å². The van der Waals surface area contributed by atoms with E-state index in [4.69, 9.17) is 9.52 Å². The van der Waals surface area contributed by atoms with Gasteiger partial charge in [-0.05, 0) is 29.7 Å². The molecule has 1 atom stereocenters. The number of unbranched alkanes of at least 4 members (excludes halogenated alkanes) is 3. The average Bonchev–Trinajstić information content (AvgIpc) is 3.25. The summed E-state index contributed by atoms with van der Waals surface area (Å²) in [6, 6.07) is 10.0. The summed E-state index contributed by atoms with van der Waals surface area (Å²) in [7, 11) is 0. The first-order valence-corrected chi connectivity index (χ1v) is 13.3. The third kappa shape index (κ3) is 6.03. The molecule has 0 radical (unpaired) electrons. The fourth-order valence-electron chi connectivity index (χ4n) is 5.44. The molecule has 1 heterocycles. The second-order valence-corrected chi connectivity index (χ2v) is 11.0. The van der Waals surface area contributed by atoms with Gasteiger partial charge in [0.2, 0.25) is 0 Å². The summed E-state index contributed by atoms with van der Waals surface area (Å²) in [6.07, 6.45) is 7.12. The van der Waals surface area contributed by atoms with Gasteiger partial charge in [0, 0.05) is 44.4 Å². The predicted octanol–water partition coefficient (Wildman–Crippen LogP) is 6.74. The third-order valence-electron chi connectivity index (χ3n) is 7.30. The lowest BCUT2D eigenvalue weighted by Crippen LogP contribution is -2.33. The number of allylic oxidation sites excluding steroid dienone is 2. The Morgan fingerprint density at radius 3 is 2.61 bits per heavy atom. The van der Waals surface area contributed by atoms with E-state index < -0.39 is 0 Å². The van der Waals surface area contributed by atoms with E-state index in [1.807, 2.05) is 30.3 Å². The summed E-state index contributed by atoms with van der Waals surface area (Å²) in [5.41, 5.74) is 3.16. The van der Waals surface area contributed by atoms with Gasteiger partial charge in [-0.2, -0.15) is 0 Å². The van der Waals surface area contributed by atoms with Gasteiger partial charge in [-0.15, -0.1) is 0 Å². The monoisotopic (exact) mass is 490 g/mol. The highest BCUT2D eigenvalue weighted by atomic mass is 16.5. The number of aliphatic hydroxyl groups excluding tert-OH is 1. The van der Waals surface area contributed by atoms with Gasteiger partial charge in [0.1, 0.15) is 11.5 Å². The number of Topliss-reactive ketones (excluding diaryl/α,β-unsaturated/α-hetero) is 2. The molecule has 2 aromatic rings. The first kappa shape index (κ1) is 26.1. The Labute approximate surface area is 213 Å². The highest BCUT2D eigenvalue weighted by molar-refractivity contribution is 6.24. The van der Waals surface area contributed by atoms with Crippen LogP contribution in [0.2, 0.25) is 0 Å². The maximum Gasteiger partial charge on any atom is 0.168 e. The minimum Gasteiger partial charge on any atom is -0.511 e. The molecule has 192 valence electrons. The summed E-state index contributed by atoms with van der Waals surface area (Å²) >= 11 is 0. The Bertz CT molecular complexity index is 1160. The van der Waals surface area contributed by atoms with Gasteiger partial charge in [0.15, 0.2) is 11.6 Å². The number of aryl methyl sites for hydroxylation is 1. The van der Waals surface area contributed by atoms with Crippen molar-refractivity contribution in [1.29, 1.82) is 0 Å². The van der Waals surface area contributed by atoms with Crippen LogP contribution < -0.4 is 0 Å². The standard InChI is InChI=1S/C30H38N2O4/c1-4-5-6-10-15-31-23-18-30(2,3)19-26(35)28(23)24(33)14-13-22-29-25(34)16-21(17-27(29)36-32-22)20-11-8-7-9-12-20/h7-9,11-12,21,33H,4-6,10,13-19H2,1-3H3. The van der Waals surface area contributed by atoms with Crippen molar-refractivity contribution in [3.63, 3.8) is 0 Å². The molecular weight excluding hydrogens is 452 g/mol. The number of aromatic nitrogens is 1. The van der Waals surface area contributed by atoms with Crippen LogP contribution in [0, 0.1) is 5.41 Å². The maximum atomic E-state index is 13.0. The molecule has 2 aliphatic rings. The molecule has 1 saturated carbocycles. The maximum absolute atomic E-state index is 13.0. The Hall–Kier alpha value is -3.02. The van der Waals surface area contributed by atoms with Crippen molar-refractivity contribution >= 4 is 17.3 Å². The van der Waals surface area contributed by atoms with E-state index in [9.17, 15) is 14.7 Å². The van der Waals surface area contributed by atoms with Crippen molar-refractivity contribution in [3.05, 3.63) is 64.2 Å². The van der Waals surface area contributed by atoms with Crippen LogP contribution in [0.15, 0.2) is 51.2 Å². The Kier molecular flexibility index (Phi) is 8.22. The normalized spacial score (nSPS) is 22.1. The molecule has 0 spiro atoms. The van der Waals surface area contributed by atoms with E-state index in [1.165, 1.54) is 6.42 Å². The van der Waals surface area contributed by atoms with Gasteiger partial charge in [-0.25, -0.2) is 0 Å². The molecule has 2 aliphatic carbocycles. The number of aliphatic imine (C=N–C) groups is 1. The molecule has 1 aromatic heterocycles. The van der Waals surface area contributed by atoms with Crippen molar-refractivity contribution < 1.29 is 19.2 Å². The van der Waals surface area contributed by atoms with Crippen molar-refractivity contribution in [3.8, 4) is 0 Å². The summed E-state index contributed by atoms with van der Waals surface area (Å²) in [4.78, 5) is 30.8. The molecule has 0 amide bonds. The Balaban J connectivity index is 1.49. The molecule has 0 saturated heterocycles. The Morgan fingerprint density at radius 1 is 1.08 bits per heavy atom. The SMILES string of the molecule is CCCCCCN=C1CC(C)(C)CC(=O)C1=C(O)CCc1noc2c1C(=O)CC(c1ccccc1)C2. The van der Waals surface area contributed by atoms with Crippen molar-refractivity contribution in [2.75, 3.05) is 6.54 Å². The van der Waals surface area contributed by atoms with Crippen LogP contribution in [-0.4, -0.2) is 34.1 Å². The summed E-state index contributed by atoms with van der Waals surface area (Å²) < 4.78 is 5.58. The van der Waals surface area contributed by atoms with Gasteiger partial charge in [-0.1, -0.05) is 75.5 Å². The Morgan fingerprint density at radius 2 is 1.86 bits per heavy atom. The number of hydrogen-bond acceptors (Lipinski definition) is 6. The summed E-state index contributed by atoms with van der Waals surface area (Å²) in [5, 5.41) is 15.2.